The van der Waals surface area contributed by atoms with Crippen molar-refractivity contribution in [1.82, 2.24) is 0 Å². The van der Waals surface area contributed by atoms with Crippen molar-refractivity contribution < 1.29 is 0 Å². The summed E-state index contributed by atoms with van der Waals surface area (Å²) in [5.74, 6) is 1.14. The van der Waals surface area contributed by atoms with Crippen LogP contribution in [-0.2, 0) is 0 Å². The third kappa shape index (κ3) is 3.69. The van der Waals surface area contributed by atoms with E-state index in [1.165, 1.54) is 97.0 Å². The molecular weight excluding hydrogens is 555 g/mol. The summed E-state index contributed by atoms with van der Waals surface area (Å²) in [6.45, 7) is 2.43. The molecule has 1 nitrogen and oxygen atoms in total. The minimum atomic E-state index is 0.257. The summed E-state index contributed by atoms with van der Waals surface area (Å²) in [6.07, 6.45) is 11.0. The maximum atomic E-state index is 2.66. The Balaban J connectivity index is 1.23. The predicted molar refractivity (Wildman–Crippen MR) is 194 cm³/mol. The molecule has 0 radical (unpaired) electrons. The molecule has 0 saturated heterocycles. The third-order valence-corrected chi connectivity index (χ3v) is 11.2. The number of rotatable bonds is 3. The second-order valence-electron chi connectivity index (χ2n) is 13.6. The van der Waals surface area contributed by atoms with E-state index in [1.807, 2.05) is 0 Å². The zero-order valence-electron chi connectivity index (χ0n) is 26.1. The summed E-state index contributed by atoms with van der Waals surface area (Å²) >= 11 is 0. The summed E-state index contributed by atoms with van der Waals surface area (Å²) in [4.78, 5) is 2.66. The molecule has 0 amide bonds. The van der Waals surface area contributed by atoms with Gasteiger partial charge in [0.1, 0.15) is 0 Å². The van der Waals surface area contributed by atoms with Gasteiger partial charge in [0.15, 0.2) is 0 Å². The molecule has 10 rings (SSSR count). The zero-order valence-corrected chi connectivity index (χ0v) is 26.1. The average molecular weight is 590 g/mol. The smallest absolute Gasteiger partial charge is 0.0590 e. The first kappa shape index (κ1) is 26.1. The molecule has 220 valence electrons. The summed E-state index contributed by atoms with van der Waals surface area (Å²) in [6, 6.07) is 46.2. The molecule has 0 N–H and O–H groups in total. The summed E-state index contributed by atoms with van der Waals surface area (Å²) in [5, 5.41) is 2.57. The molecule has 6 aromatic rings. The first-order valence-corrected chi connectivity index (χ1v) is 16.9. The lowest BCUT2D eigenvalue weighted by Crippen LogP contribution is -2.40. The van der Waals surface area contributed by atoms with Crippen molar-refractivity contribution in [3.8, 4) is 55.6 Å². The molecule has 0 aliphatic heterocycles. The van der Waals surface area contributed by atoms with Gasteiger partial charge in [-0.1, -0.05) is 134 Å². The van der Waals surface area contributed by atoms with Gasteiger partial charge in [-0.15, -0.1) is 0 Å². The molecule has 6 bridgehead atoms. The maximum Gasteiger partial charge on any atom is 0.0590 e. The lowest BCUT2D eigenvalue weighted by Gasteiger charge is -2.43. The minimum Gasteiger partial charge on any atom is -0.334 e. The Morgan fingerprint density at radius 3 is 1.93 bits per heavy atom. The molecule has 6 aromatic carbocycles. The number of nitrogens with zero attached hydrogens (tertiary/aromatic N) is 1. The van der Waals surface area contributed by atoms with E-state index >= 15 is 0 Å². The van der Waals surface area contributed by atoms with Crippen LogP contribution in [0.5, 0.6) is 0 Å². The van der Waals surface area contributed by atoms with Crippen molar-refractivity contribution in [2.45, 2.75) is 32.2 Å². The monoisotopic (exact) mass is 589 g/mol. The zero-order chi connectivity index (χ0) is 30.4. The van der Waals surface area contributed by atoms with E-state index in [0.29, 0.717) is 11.8 Å². The van der Waals surface area contributed by atoms with Crippen LogP contribution in [0.1, 0.15) is 26.2 Å². The number of benzene rings is 6. The molecule has 0 heterocycles. The highest BCUT2D eigenvalue weighted by Gasteiger charge is 2.37. The van der Waals surface area contributed by atoms with Crippen LogP contribution >= 0.6 is 0 Å². The Labute approximate surface area is 271 Å². The van der Waals surface area contributed by atoms with E-state index < -0.39 is 0 Å². The van der Waals surface area contributed by atoms with Crippen molar-refractivity contribution in [3.63, 3.8) is 0 Å². The van der Waals surface area contributed by atoms with E-state index in [1.54, 1.807) is 5.57 Å². The Hall–Kier alpha value is -5.14. The molecule has 4 aliphatic carbocycles. The third-order valence-electron chi connectivity index (χ3n) is 11.2. The first-order valence-electron chi connectivity index (χ1n) is 16.9. The van der Waals surface area contributed by atoms with E-state index in [4.69, 9.17) is 0 Å². The fourth-order valence-corrected chi connectivity index (χ4v) is 9.14. The second kappa shape index (κ2) is 9.93. The largest absolute Gasteiger partial charge is 0.334 e. The first-order chi connectivity index (χ1) is 22.7. The molecule has 46 heavy (non-hydrogen) atoms. The van der Waals surface area contributed by atoms with E-state index in [-0.39, 0.29) is 6.04 Å². The second-order valence-corrected chi connectivity index (χ2v) is 13.6. The lowest BCUT2D eigenvalue weighted by molar-refractivity contribution is 0.356. The lowest BCUT2D eigenvalue weighted by atomic mass is 9.71. The Bertz CT molecular complexity index is 2260. The van der Waals surface area contributed by atoms with Gasteiger partial charge >= 0.3 is 0 Å². The fourth-order valence-electron chi connectivity index (χ4n) is 9.14. The van der Waals surface area contributed by atoms with Crippen LogP contribution in [0.2, 0.25) is 0 Å². The highest BCUT2D eigenvalue weighted by Crippen LogP contribution is 2.57. The molecule has 1 heteroatoms. The molecule has 0 spiro atoms. The van der Waals surface area contributed by atoms with Gasteiger partial charge in [-0.2, -0.15) is 0 Å². The van der Waals surface area contributed by atoms with Crippen molar-refractivity contribution in [3.05, 3.63) is 145 Å². The van der Waals surface area contributed by atoms with Gasteiger partial charge in [0, 0.05) is 17.3 Å². The molecule has 3 atom stereocenters. The predicted octanol–water partition coefficient (Wildman–Crippen LogP) is 12.2. The van der Waals surface area contributed by atoms with Crippen molar-refractivity contribution >= 4 is 22.1 Å². The van der Waals surface area contributed by atoms with Crippen LogP contribution in [0, 0.1) is 11.8 Å². The quantitative estimate of drug-likeness (QED) is 0.198. The summed E-state index contributed by atoms with van der Waals surface area (Å²) < 4.78 is 0. The van der Waals surface area contributed by atoms with Gasteiger partial charge in [0.05, 0.1) is 6.04 Å². The topological polar surface area (TPSA) is 3.24 Å². The van der Waals surface area contributed by atoms with Crippen molar-refractivity contribution in [2.24, 2.45) is 11.8 Å². The van der Waals surface area contributed by atoms with Crippen LogP contribution in [0.25, 0.3) is 66.4 Å². The van der Waals surface area contributed by atoms with Crippen LogP contribution in [0.15, 0.2) is 145 Å². The molecule has 1 saturated carbocycles. The molecule has 0 aromatic heterocycles. The van der Waals surface area contributed by atoms with E-state index in [9.17, 15) is 0 Å². The van der Waals surface area contributed by atoms with Gasteiger partial charge in [-0.25, -0.2) is 0 Å². The van der Waals surface area contributed by atoms with Gasteiger partial charge in [0.2, 0.25) is 0 Å². The Morgan fingerprint density at radius 1 is 0.522 bits per heavy atom. The Kier molecular flexibility index (Phi) is 5.64. The fraction of sp³-hybridized carbons (Fsp3) is 0.156. The number of hydrogen-bond donors (Lipinski definition) is 0. The number of fused-ring (bicyclic) bond motifs is 6. The molecule has 1 fully saturated rings. The van der Waals surface area contributed by atoms with Crippen LogP contribution in [0.3, 0.4) is 0 Å². The number of anilines is 2. The molecule has 4 aliphatic rings. The Morgan fingerprint density at radius 2 is 1.13 bits per heavy atom. The summed E-state index contributed by atoms with van der Waals surface area (Å²) in [5.41, 5.74) is 17.5. The average Bonchev–Trinajstić information content (AvgIpc) is 3.21. The van der Waals surface area contributed by atoms with Crippen molar-refractivity contribution in [2.75, 3.05) is 4.90 Å². The normalized spacial score (nSPS) is 19.8. The number of allylic oxidation sites excluding steroid dienone is 2. The number of hydrogen-bond acceptors (Lipinski definition) is 1. The van der Waals surface area contributed by atoms with Crippen molar-refractivity contribution in [1.29, 1.82) is 0 Å². The van der Waals surface area contributed by atoms with Crippen LogP contribution in [0.4, 0.5) is 11.4 Å². The highest BCUT2D eigenvalue weighted by molar-refractivity contribution is 6.15. The maximum absolute atomic E-state index is 2.66. The summed E-state index contributed by atoms with van der Waals surface area (Å²) in [7, 11) is 0. The van der Waals surface area contributed by atoms with Gasteiger partial charge < -0.3 is 4.90 Å². The van der Waals surface area contributed by atoms with Crippen LogP contribution < -0.4 is 4.90 Å². The van der Waals surface area contributed by atoms with E-state index in [2.05, 4.69) is 151 Å². The SMILES string of the molecule is CC1CCCC2C1=CC=CC2N(c1ccc2c(c1)-c1c3cccc1-c1cccc-2c1-c1ccccc1-3)c1ccc2ccccc2c1. The van der Waals surface area contributed by atoms with Crippen LogP contribution in [-0.4, -0.2) is 6.04 Å². The van der Waals surface area contributed by atoms with E-state index in [0.717, 1.165) is 0 Å². The standard InChI is InChI=1S/C45H35N/c1-28-10-6-16-36-33(28)15-9-21-43(36)46(31-23-22-29-11-2-3-12-30(29)26-31)32-24-25-35-39-18-8-19-40-41-20-7-17-38(45(41)42(35)27-32)34-13-4-5-14-37(34)44(39)40/h2-5,7-9,11-15,17-28,36,43H,6,10,16H2,1H3. The molecule has 3 unspecified atom stereocenters. The van der Waals surface area contributed by atoms with Gasteiger partial charge in [-0.05, 0) is 109 Å². The minimum absolute atomic E-state index is 0.257. The molecular formula is C45H35N. The van der Waals surface area contributed by atoms with Gasteiger partial charge in [-0.3, -0.25) is 0 Å². The van der Waals surface area contributed by atoms with Gasteiger partial charge in [0.25, 0.3) is 0 Å². The highest BCUT2D eigenvalue weighted by atomic mass is 15.2.